The molecule has 1 heterocycles. The number of carboxylic acid groups (broad SMARTS) is 1. The van der Waals surface area contributed by atoms with Gasteiger partial charge in [0, 0.05) is 6.04 Å². The van der Waals surface area contributed by atoms with E-state index in [4.69, 9.17) is 14.6 Å². The molecular formula is C24H29NO4. The number of carbonyl (C=O) groups is 1. The molecule has 5 heteroatoms. The van der Waals surface area contributed by atoms with Gasteiger partial charge in [-0.1, -0.05) is 24.3 Å². The first-order valence-corrected chi connectivity index (χ1v) is 10.6. The molecule has 2 aromatic carbocycles. The largest absolute Gasteiger partial charge is 0.490 e. The zero-order valence-corrected chi connectivity index (χ0v) is 16.9. The molecule has 0 aromatic heterocycles. The van der Waals surface area contributed by atoms with Gasteiger partial charge in [-0.2, -0.15) is 0 Å². The summed E-state index contributed by atoms with van der Waals surface area (Å²) in [5.74, 6) is 1.06. The molecule has 5 nitrogen and oxygen atoms in total. The monoisotopic (exact) mass is 395 g/mol. The maximum atomic E-state index is 10.7. The maximum absolute atomic E-state index is 10.7. The highest BCUT2D eigenvalue weighted by atomic mass is 16.5. The minimum absolute atomic E-state index is 0.0323. The second-order valence-corrected chi connectivity index (χ2v) is 8.14. The van der Waals surface area contributed by atoms with Crippen LogP contribution in [0.1, 0.15) is 54.9 Å². The number of rotatable bonds is 6. The topological polar surface area (TPSA) is 67.8 Å². The molecule has 4 rings (SSSR count). The van der Waals surface area contributed by atoms with Crippen LogP contribution in [0.4, 0.5) is 0 Å². The summed E-state index contributed by atoms with van der Waals surface area (Å²) in [6, 6.07) is 14.9. The molecule has 1 saturated carbocycles. The number of fused-ring (bicyclic) bond motifs is 1. The predicted octanol–water partition coefficient (Wildman–Crippen LogP) is 4.43. The van der Waals surface area contributed by atoms with E-state index in [9.17, 15) is 4.79 Å². The zero-order valence-electron chi connectivity index (χ0n) is 16.9. The molecule has 1 aliphatic heterocycles. The third kappa shape index (κ3) is 4.91. The number of carboxylic acids is 1. The maximum Gasteiger partial charge on any atom is 0.317 e. The van der Waals surface area contributed by atoms with Crippen LogP contribution < -0.4 is 14.8 Å². The fourth-order valence-electron chi connectivity index (χ4n) is 4.41. The Balaban J connectivity index is 1.33. The van der Waals surface area contributed by atoms with Gasteiger partial charge in [0.25, 0.3) is 0 Å². The van der Waals surface area contributed by atoms with E-state index in [-0.39, 0.29) is 24.8 Å². The smallest absolute Gasteiger partial charge is 0.317 e. The third-order valence-corrected chi connectivity index (χ3v) is 6.03. The molecule has 0 radical (unpaired) electrons. The average molecular weight is 395 g/mol. The van der Waals surface area contributed by atoms with Crippen LogP contribution in [0.5, 0.6) is 11.5 Å². The number of hydrogen-bond donors (Lipinski definition) is 2. The lowest BCUT2D eigenvalue weighted by atomic mass is 9.92. The van der Waals surface area contributed by atoms with Crippen LogP contribution >= 0.6 is 0 Å². The van der Waals surface area contributed by atoms with E-state index in [1.165, 1.54) is 16.7 Å². The summed E-state index contributed by atoms with van der Waals surface area (Å²) in [4.78, 5) is 10.7. The van der Waals surface area contributed by atoms with Crippen LogP contribution in [0.2, 0.25) is 0 Å². The molecule has 2 N–H and O–H groups in total. The van der Waals surface area contributed by atoms with Gasteiger partial charge in [0.2, 0.25) is 0 Å². The van der Waals surface area contributed by atoms with Crippen molar-refractivity contribution in [1.29, 1.82) is 0 Å². The third-order valence-electron chi connectivity index (χ3n) is 6.03. The molecule has 0 bridgehead atoms. The van der Waals surface area contributed by atoms with Gasteiger partial charge in [0.1, 0.15) is 17.6 Å². The summed E-state index contributed by atoms with van der Waals surface area (Å²) < 4.78 is 12.5. The summed E-state index contributed by atoms with van der Waals surface area (Å²) in [6.45, 7) is 2.17. The molecule has 2 aromatic rings. The van der Waals surface area contributed by atoms with E-state index < -0.39 is 5.97 Å². The average Bonchev–Trinajstić information content (AvgIpc) is 2.73. The fraction of sp³-hybridized carbons (Fsp3) is 0.458. The van der Waals surface area contributed by atoms with Gasteiger partial charge >= 0.3 is 5.97 Å². The number of hydrogen-bond acceptors (Lipinski definition) is 4. The highest BCUT2D eigenvalue weighted by molar-refractivity contribution is 5.69. The summed E-state index contributed by atoms with van der Waals surface area (Å²) in [6.07, 6.45) is 6.05. The Labute approximate surface area is 172 Å². The number of ether oxygens (including phenoxy) is 2. The lowest BCUT2D eigenvalue weighted by Gasteiger charge is -2.30. The first kappa shape index (κ1) is 19.8. The molecule has 0 amide bonds. The van der Waals surface area contributed by atoms with E-state index in [0.29, 0.717) is 0 Å². The molecule has 29 heavy (non-hydrogen) atoms. The Morgan fingerprint density at radius 3 is 2.69 bits per heavy atom. The van der Waals surface area contributed by atoms with Gasteiger partial charge in [0.05, 0.1) is 12.6 Å². The molecular weight excluding hydrogens is 366 g/mol. The number of aryl methyl sites for hydroxylation is 2. The summed E-state index contributed by atoms with van der Waals surface area (Å²) in [5.41, 5.74) is 3.75. The SMILES string of the molecule is Cc1ccccc1C1CCc2cc(OC3CCC(NCC(=O)O)CC3)ccc2O1. The second kappa shape index (κ2) is 8.87. The van der Waals surface area contributed by atoms with Gasteiger partial charge in [-0.05, 0) is 80.3 Å². The van der Waals surface area contributed by atoms with E-state index in [2.05, 4.69) is 42.6 Å². The number of benzene rings is 2. The first-order chi connectivity index (χ1) is 14.1. The van der Waals surface area contributed by atoms with E-state index in [0.717, 1.165) is 50.0 Å². The predicted molar refractivity (Wildman–Crippen MR) is 112 cm³/mol. The lowest BCUT2D eigenvalue weighted by Crippen LogP contribution is -2.38. The highest BCUT2D eigenvalue weighted by Crippen LogP contribution is 2.38. The van der Waals surface area contributed by atoms with E-state index in [1.807, 2.05) is 12.1 Å². The Morgan fingerprint density at radius 2 is 1.93 bits per heavy atom. The Hall–Kier alpha value is -2.53. The van der Waals surface area contributed by atoms with Crippen LogP contribution in [0.15, 0.2) is 42.5 Å². The van der Waals surface area contributed by atoms with Gasteiger partial charge in [-0.15, -0.1) is 0 Å². The second-order valence-electron chi connectivity index (χ2n) is 8.14. The molecule has 2 aliphatic rings. The van der Waals surface area contributed by atoms with Crippen LogP contribution in [0.3, 0.4) is 0 Å². The van der Waals surface area contributed by atoms with Crippen LogP contribution in [-0.2, 0) is 11.2 Å². The summed E-state index contributed by atoms with van der Waals surface area (Å²) in [7, 11) is 0. The van der Waals surface area contributed by atoms with Crippen molar-refractivity contribution in [2.75, 3.05) is 6.54 Å². The molecule has 0 saturated heterocycles. The van der Waals surface area contributed by atoms with Gasteiger partial charge < -0.3 is 19.9 Å². The van der Waals surface area contributed by atoms with E-state index in [1.54, 1.807) is 0 Å². The van der Waals surface area contributed by atoms with Crippen molar-refractivity contribution >= 4 is 5.97 Å². The highest BCUT2D eigenvalue weighted by Gasteiger charge is 2.25. The molecule has 1 unspecified atom stereocenters. The standard InChI is InChI=1S/C24H29NO4/c1-16-4-2-3-5-21(16)23-12-6-17-14-20(11-13-22(17)29-23)28-19-9-7-18(8-10-19)25-15-24(26)27/h2-5,11,13-14,18-19,23,25H,6-10,12,15H2,1H3,(H,26,27). The quantitative estimate of drug-likeness (QED) is 0.758. The first-order valence-electron chi connectivity index (χ1n) is 10.6. The van der Waals surface area contributed by atoms with E-state index >= 15 is 0 Å². The fourth-order valence-corrected chi connectivity index (χ4v) is 4.41. The molecule has 1 atom stereocenters. The Kier molecular flexibility index (Phi) is 6.05. The van der Waals surface area contributed by atoms with Crippen molar-refractivity contribution in [2.24, 2.45) is 0 Å². The summed E-state index contributed by atoms with van der Waals surface area (Å²) >= 11 is 0. The van der Waals surface area contributed by atoms with Crippen molar-refractivity contribution in [3.05, 3.63) is 59.2 Å². The number of aliphatic carboxylic acids is 1. The lowest BCUT2D eigenvalue weighted by molar-refractivity contribution is -0.136. The minimum atomic E-state index is -0.802. The molecule has 154 valence electrons. The van der Waals surface area contributed by atoms with Crippen molar-refractivity contribution in [2.45, 2.75) is 63.7 Å². The van der Waals surface area contributed by atoms with Crippen molar-refractivity contribution < 1.29 is 19.4 Å². The summed E-state index contributed by atoms with van der Waals surface area (Å²) in [5, 5.41) is 11.9. The van der Waals surface area contributed by atoms with Crippen molar-refractivity contribution in [3.63, 3.8) is 0 Å². The van der Waals surface area contributed by atoms with Gasteiger partial charge in [-0.3, -0.25) is 4.79 Å². The molecule has 0 spiro atoms. The zero-order chi connectivity index (χ0) is 20.2. The Morgan fingerprint density at radius 1 is 1.14 bits per heavy atom. The Bertz CT molecular complexity index is 858. The van der Waals surface area contributed by atoms with Gasteiger partial charge in [-0.25, -0.2) is 0 Å². The van der Waals surface area contributed by atoms with Crippen LogP contribution in [-0.4, -0.2) is 29.8 Å². The van der Waals surface area contributed by atoms with Crippen molar-refractivity contribution in [3.8, 4) is 11.5 Å². The molecule has 1 aliphatic carbocycles. The van der Waals surface area contributed by atoms with Crippen LogP contribution in [0.25, 0.3) is 0 Å². The minimum Gasteiger partial charge on any atom is -0.490 e. The number of nitrogens with one attached hydrogen (secondary N) is 1. The van der Waals surface area contributed by atoms with Crippen molar-refractivity contribution in [1.82, 2.24) is 5.32 Å². The van der Waals surface area contributed by atoms with Crippen LogP contribution in [0, 0.1) is 6.92 Å². The molecule has 1 fully saturated rings. The normalized spacial score (nSPS) is 23.7. The van der Waals surface area contributed by atoms with Gasteiger partial charge in [0.15, 0.2) is 0 Å².